The van der Waals surface area contributed by atoms with Gasteiger partial charge in [0.2, 0.25) is 0 Å². The first-order valence-electron chi connectivity index (χ1n) is 7.27. The molecule has 1 amide bonds. The first-order valence-corrected chi connectivity index (χ1v) is 7.27. The molecule has 1 aliphatic heterocycles. The zero-order valence-electron chi connectivity index (χ0n) is 13.5. The molecule has 0 saturated heterocycles. The van der Waals surface area contributed by atoms with Gasteiger partial charge in [-0.05, 0) is 32.8 Å². The zero-order chi connectivity index (χ0) is 16.3. The van der Waals surface area contributed by atoms with Crippen molar-refractivity contribution in [2.24, 2.45) is 0 Å². The summed E-state index contributed by atoms with van der Waals surface area (Å²) >= 11 is 0. The Morgan fingerprint density at radius 2 is 2.14 bits per heavy atom. The van der Waals surface area contributed by atoms with Crippen molar-refractivity contribution in [2.75, 3.05) is 25.9 Å². The Morgan fingerprint density at radius 3 is 2.68 bits per heavy atom. The number of anilines is 1. The summed E-state index contributed by atoms with van der Waals surface area (Å²) in [4.78, 5) is 17.8. The Hall–Kier alpha value is -2.24. The molecule has 0 aromatic carbocycles. The average Bonchev–Trinajstić information content (AvgIpc) is 2.45. The van der Waals surface area contributed by atoms with Crippen molar-refractivity contribution < 1.29 is 14.3 Å². The van der Waals surface area contributed by atoms with Gasteiger partial charge in [-0.15, -0.1) is 0 Å². The number of amides is 1. The number of carbonyl (C=O) groups is 1. The molecule has 0 atom stereocenters. The van der Waals surface area contributed by atoms with E-state index in [4.69, 9.17) is 15.2 Å². The van der Waals surface area contributed by atoms with Crippen molar-refractivity contribution in [1.82, 2.24) is 9.88 Å². The second kappa shape index (κ2) is 6.25. The van der Waals surface area contributed by atoms with Crippen LogP contribution in [-0.2, 0) is 4.74 Å². The fourth-order valence-electron chi connectivity index (χ4n) is 2.27. The lowest BCUT2D eigenvalue weighted by atomic mass is 10.0. The maximum Gasteiger partial charge on any atom is 0.410 e. The van der Waals surface area contributed by atoms with Gasteiger partial charge in [0, 0.05) is 30.9 Å². The molecule has 2 N–H and O–H groups in total. The van der Waals surface area contributed by atoms with Crippen molar-refractivity contribution >= 4 is 17.5 Å². The molecule has 0 bridgehead atoms. The summed E-state index contributed by atoms with van der Waals surface area (Å²) in [6.45, 7) is 6.70. The predicted octanol–water partition coefficient (Wildman–Crippen LogP) is 2.70. The van der Waals surface area contributed by atoms with Gasteiger partial charge in [-0.1, -0.05) is 6.08 Å². The highest BCUT2D eigenvalue weighted by Crippen LogP contribution is 2.31. The maximum absolute atomic E-state index is 12.0. The molecule has 2 heterocycles. The Balaban J connectivity index is 2.10. The molecule has 22 heavy (non-hydrogen) atoms. The molecule has 6 heteroatoms. The van der Waals surface area contributed by atoms with Crippen LogP contribution in [0.25, 0.3) is 5.57 Å². The van der Waals surface area contributed by atoms with Gasteiger partial charge in [0.25, 0.3) is 0 Å². The summed E-state index contributed by atoms with van der Waals surface area (Å²) in [5.74, 6) is 1.12. The quantitative estimate of drug-likeness (QED) is 0.909. The molecular weight excluding hydrogens is 282 g/mol. The van der Waals surface area contributed by atoms with Gasteiger partial charge in [-0.2, -0.15) is 0 Å². The van der Waals surface area contributed by atoms with E-state index < -0.39 is 5.60 Å². The largest absolute Gasteiger partial charge is 0.496 e. The predicted molar refractivity (Wildman–Crippen MR) is 85.6 cm³/mol. The molecule has 1 aromatic rings. The van der Waals surface area contributed by atoms with Gasteiger partial charge in [0.05, 0.1) is 7.11 Å². The molecule has 120 valence electrons. The van der Waals surface area contributed by atoms with Crippen LogP contribution < -0.4 is 10.5 Å². The molecular formula is C16H23N3O3. The highest BCUT2D eigenvalue weighted by Gasteiger charge is 2.24. The van der Waals surface area contributed by atoms with Gasteiger partial charge in [0.1, 0.15) is 17.2 Å². The monoisotopic (exact) mass is 305 g/mol. The van der Waals surface area contributed by atoms with E-state index >= 15 is 0 Å². The van der Waals surface area contributed by atoms with Crippen LogP contribution in [-0.4, -0.2) is 41.8 Å². The van der Waals surface area contributed by atoms with E-state index in [1.807, 2.05) is 26.8 Å². The van der Waals surface area contributed by atoms with E-state index in [1.54, 1.807) is 24.3 Å². The smallest absolute Gasteiger partial charge is 0.410 e. The lowest BCUT2D eigenvalue weighted by molar-refractivity contribution is 0.0270. The highest BCUT2D eigenvalue weighted by atomic mass is 16.6. The number of pyridine rings is 1. The molecule has 0 saturated carbocycles. The Morgan fingerprint density at radius 1 is 1.41 bits per heavy atom. The number of nitrogens with zero attached hydrogens (tertiary/aromatic N) is 2. The third-order valence-corrected chi connectivity index (χ3v) is 3.31. The summed E-state index contributed by atoms with van der Waals surface area (Å²) < 4.78 is 10.7. The van der Waals surface area contributed by atoms with Crippen molar-refractivity contribution in [3.05, 3.63) is 23.9 Å². The van der Waals surface area contributed by atoms with Crippen molar-refractivity contribution in [2.45, 2.75) is 32.8 Å². The minimum absolute atomic E-state index is 0.287. The molecule has 0 fully saturated rings. The number of methoxy groups -OCH3 is 1. The molecule has 2 rings (SSSR count). The Kier molecular flexibility index (Phi) is 4.59. The average molecular weight is 305 g/mol. The van der Waals surface area contributed by atoms with E-state index in [1.165, 1.54) is 0 Å². The SMILES string of the molecule is COc1cc(N)ncc1C1=CCN(C(=O)OC(C)(C)C)CC1. The Labute approximate surface area is 130 Å². The van der Waals surface area contributed by atoms with Gasteiger partial charge >= 0.3 is 6.09 Å². The van der Waals surface area contributed by atoms with Crippen LogP contribution in [0.4, 0.5) is 10.6 Å². The van der Waals surface area contributed by atoms with Crippen LogP contribution in [0.3, 0.4) is 0 Å². The topological polar surface area (TPSA) is 77.7 Å². The van der Waals surface area contributed by atoms with Crippen LogP contribution in [0, 0.1) is 0 Å². The molecule has 0 spiro atoms. The third-order valence-electron chi connectivity index (χ3n) is 3.31. The van der Waals surface area contributed by atoms with E-state index in [0.29, 0.717) is 24.7 Å². The Bertz CT molecular complexity index is 591. The number of rotatable bonds is 2. The second-order valence-corrected chi connectivity index (χ2v) is 6.22. The minimum Gasteiger partial charge on any atom is -0.496 e. The normalized spacial score (nSPS) is 15.3. The third kappa shape index (κ3) is 3.90. The number of hydrogen-bond acceptors (Lipinski definition) is 5. The fraction of sp³-hybridized carbons (Fsp3) is 0.500. The molecule has 0 aliphatic carbocycles. The maximum atomic E-state index is 12.0. The van der Waals surface area contributed by atoms with Crippen LogP contribution >= 0.6 is 0 Å². The minimum atomic E-state index is -0.481. The first kappa shape index (κ1) is 16.1. The van der Waals surface area contributed by atoms with E-state index in [9.17, 15) is 4.79 Å². The number of nitrogens with two attached hydrogens (primary N) is 1. The fourth-order valence-corrected chi connectivity index (χ4v) is 2.27. The van der Waals surface area contributed by atoms with Gasteiger partial charge in [0.15, 0.2) is 0 Å². The lowest BCUT2D eigenvalue weighted by Gasteiger charge is -2.29. The number of ether oxygens (including phenoxy) is 2. The van der Waals surface area contributed by atoms with Gasteiger partial charge in [-0.3, -0.25) is 0 Å². The van der Waals surface area contributed by atoms with E-state index in [2.05, 4.69) is 4.98 Å². The first-order chi connectivity index (χ1) is 10.3. The summed E-state index contributed by atoms with van der Waals surface area (Å²) in [5, 5.41) is 0. The molecule has 0 radical (unpaired) electrons. The highest BCUT2D eigenvalue weighted by molar-refractivity contribution is 5.75. The van der Waals surface area contributed by atoms with E-state index in [-0.39, 0.29) is 6.09 Å². The number of carbonyl (C=O) groups excluding carboxylic acids is 1. The van der Waals surface area contributed by atoms with Crippen molar-refractivity contribution in [3.8, 4) is 5.75 Å². The van der Waals surface area contributed by atoms with Crippen LogP contribution in [0.2, 0.25) is 0 Å². The van der Waals surface area contributed by atoms with Gasteiger partial charge < -0.3 is 20.1 Å². The summed E-state index contributed by atoms with van der Waals surface area (Å²) in [6, 6.07) is 1.70. The summed E-state index contributed by atoms with van der Waals surface area (Å²) in [7, 11) is 1.61. The number of hydrogen-bond donors (Lipinski definition) is 1. The van der Waals surface area contributed by atoms with Crippen LogP contribution in [0.1, 0.15) is 32.8 Å². The van der Waals surface area contributed by atoms with E-state index in [0.717, 1.165) is 17.6 Å². The van der Waals surface area contributed by atoms with Crippen molar-refractivity contribution in [3.63, 3.8) is 0 Å². The van der Waals surface area contributed by atoms with Gasteiger partial charge in [-0.25, -0.2) is 9.78 Å². The summed E-state index contributed by atoms with van der Waals surface area (Å²) in [5.41, 5.74) is 7.21. The standard InChI is InChI=1S/C16H23N3O3/c1-16(2,3)22-15(20)19-7-5-11(6-8-19)12-10-18-14(17)9-13(12)21-4/h5,9-10H,6-8H2,1-4H3,(H2,17,18). The number of aromatic nitrogens is 1. The summed E-state index contributed by atoms with van der Waals surface area (Å²) in [6.07, 6.45) is 4.15. The number of nitrogen functional groups attached to an aromatic ring is 1. The second-order valence-electron chi connectivity index (χ2n) is 6.22. The molecule has 1 aromatic heterocycles. The van der Waals surface area contributed by atoms with Crippen molar-refractivity contribution in [1.29, 1.82) is 0 Å². The molecule has 6 nitrogen and oxygen atoms in total. The lowest BCUT2D eigenvalue weighted by Crippen LogP contribution is -2.39. The molecule has 0 unspecified atom stereocenters. The zero-order valence-corrected chi connectivity index (χ0v) is 13.5. The van der Waals surface area contributed by atoms with Crippen LogP contribution in [0.15, 0.2) is 18.3 Å². The molecule has 1 aliphatic rings. The van der Waals surface area contributed by atoms with Crippen LogP contribution in [0.5, 0.6) is 5.75 Å².